The number of rotatable bonds is 7. The second-order valence-electron chi connectivity index (χ2n) is 4.84. The number of carbonyl (C=O) groups is 2. The van der Waals surface area contributed by atoms with Gasteiger partial charge in [0.05, 0.1) is 12.2 Å². The molecule has 1 aromatic heterocycles. The fourth-order valence-corrected chi connectivity index (χ4v) is 2.66. The van der Waals surface area contributed by atoms with Crippen LogP contribution >= 0.6 is 11.3 Å². The first-order valence-corrected chi connectivity index (χ1v) is 7.81. The summed E-state index contributed by atoms with van der Waals surface area (Å²) in [7, 11) is 0. The Morgan fingerprint density at radius 2 is 1.95 bits per heavy atom. The molecular weight excluding hydrogens is 300 g/mol. The number of amides is 2. The number of ether oxygens (including phenoxy) is 1. The van der Waals surface area contributed by atoms with E-state index in [0.717, 1.165) is 5.75 Å². The van der Waals surface area contributed by atoms with Crippen molar-refractivity contribution in [1.82, 2.24) is 0 Å². The van der Waals surface area contributed by atoms with Crippen molar-refractivity contribution in [2.24, 2.45) is 5.73 Å². The molecule has 22 heavy (non-hydrogen) atoms. The molecule has 6 heteroatoms. The SMILES string of the molecule is Cc1ccc(OCCCC(=O)Nc2sccc2C(N)=O)cc1. The van der Waals surface area contributed by atoms with Crippen LogP contribution in [-0.2, 0) is 4.79 Å². The van der Waals surface area contributed by atoms with Crippen molar-refractivity contribution in [3.63, 3.8) is 0 Å². The normalized spacial score (nSPS) is 10.2. The monoisotopic (exact) mass is 318 g/mol. The Labute approximate surface area is 133 Å². The molecule has 0 unspecified atom stereocenters. The lowest BCUT2D eigenvalue weighted by Crippen LogP contribution is -2.16. The van der Waals surface area contributed by atoms with Gasteiger partial charge in [0.15, 0.2) is 0 Å². The van der Waals surface area contributed by atoms with Gasteiger partial charge in [-0.15, -0.1) is 11.3 Å². The quantitative estimate of drug-likeness (QED) is 0.770. The Kier molecular flexibility index (Phi) is 5.55. The average Bonchev–Trinajstić information content (AvgIpc) is 2.94. The maximum atomic E-state index is 11.8. The molecule has 0 bridgehead atoms. The van der Waals surface area contributed by atoms with Crippen LogP contribution in [0.2, 0.25) is 0 Å². The third-order valence-corrected chi connectivity index (χ3v) is 3.85. The van der Waals surface area contributed by atoms with Gasteiger partial charge in [-0.1, -0.05) is 17.7 Å². The summed E-state index contributed by atoms with van der Waals surface area (Å²) >= 11 is 1.28. The molecule has 1 heterocycles. The van der Waals surface area contributed by atoms with Gasteiger partial charge in [-0.2, -0.15) is 0 Å². The number of benzene rings is 1. The Hall–Kier alpha value is -2.34. The Morgan fingerprint density at radius 3 is 2.64 bits per heavy atom. The van der Waals surface area contributed by atoms with E-state index >= 15 is 0 Å². The highest BCUT2D eigenvalue weighted by molar-refractivity contribution is 7.14. The van der Waals surface area contributed by atoms with Crippen LogP contribution in [0.15, 0.2) is 35.7 Å². The van der Waals surface area contributed by atoms with Crippen molar-refractivity contribution >= 4 is 28.2 Å². The third-order valence-electron chi connectivity index (χ3n) is 3.02. The minimum atomic E-state index is -0.542. The molecule has 0 fully saturated rings. The van der Waals surface area contributed by atoms with Gasteiger partial charge in [0.2, 0.25) is 5.91 Å². The zero-order valence-corrected chi connectivity index (χ0v) is 13.1. The van der Waals surface area contributed by atoms with Crippen molar-refractivity contribution < 1.29 is 14.3 Å². The highest BCUT2D eigenvalue weighted by Gasteiger charge is 2.12. The van der Waals surface area contributed by atoms with Crippen molar-refractivity contribution in [2.75, 3.05) is 11.9 Å². The molecule has 0 aliphatic carbocycles. The molecule has 0 spiro atoms. The largest absolute Gasteiger partial charge is 0.494 e. The van der Waals surface area contributed by atoms with Crippen molar-refractivity contribution in [3.05, 3.63) is 46.8 Å². The minimum absolute atomic E-state index is 0.155. The standard InChI is InChI=1S/C16H18N2O3S/c1-11-4-6-12(7-5-11)21-9-2-3-14(19)18-16-13(15(17)20)8-10-22-16/h4-8,10H,2-3,9H2,1H3,(H2,17,20)(H,18,19). The van der Waals surface area contributed by atoms with Crippen LogP contribution in [0.4, 0.5) is 5.00 Å². The minimum Gasteiger partial charge on any atom is -0.494 e. The fraction of sp³-hybridized carbons (Fsp3) is 0.250. The van der Waals surface area contributed by atoms with E-state index in [-0.39, 0.29) is 5.91 Å². The molecule has 3 N–H and O–H groups in total. The van der Waals surface area contributed by atoms with Gasteiger partial charge < -0.3 is 15.8 Å². The summed E-state index contributed by atoms with van der Waals surface area (Å²) in [4.78, 5) is 23.0. The summed E-state index contributed by atoms with van der Waals surface area (Å²) in [6, 6.07) is 9.36. The Bertz CT molecular complexity index is 650. The predicted octanol–water partition coefficient (Wildman–Crippen LogP) is 2.95. The van der Waals surface area contributed by atoms with E-state index in [1.807, 2.05) is 31.2 Å². The van der Waals surface area contributed by atoms with Crippen molar-refractivity contribution in [3.8, 4) is 5.75 Å². The predicted molar refractivity (Wildman–Crippen MR) is 87.4 cm³/mol. The van der Waals surface area contributed by atoms with Gasteiger partial charge in [0, 0.05) is 6.42 Å². The number of nitrogens with two attached hydrogens (primary N) is 1. The van der Waals surface area contributed by atoms with Gasteiger partial charge in [-0.3, -0.25) is 9.59 Å². The van der Waals surface area contributed by atoms with Crippen LogP contribution in [-0.4, -0.2) is 18.4 Å². The molecule has 2 amide bonds. The molecule has 2 rings (SSSR count). The van der Waals surface area contributed by atoms with Crippen LogP contribution in [0.25, 0.3) is 0 Å². The summed E-state index contributed by atoms with van der Waals surface area (Å²) in [6.45, 7) is 2.47. The first kappa shape index (κ1) is 16.0. The number of carbonyl (C=O) groups excluding carboxylic acids is 2. The smallest absolute Gasteiger partial charge is 0.251 e. The highest BCUT2D eigenvalue weighted by Crippen LogP contribution is 2.22. The second-order valence-corrected chi connectivity index (χ2v) is 5.76. The highest BCUT2D eigenvalue weighted by atomic mass is 32.1. The van der Waals surface area contributed by atoms with E-state index in [4.69, 9.17) is 10.5 Å². The molecule has 0 saturated heterocycles. The number of aryl methyl sites for hydroxylation is 1. The molecule has 0 aliphatic rings. The zero-order chi connectivity index (χ0) is 15.9. The van der Waals surface area contributed by atoms with Crippen LogP contribution in [0.3, 0.4) is 0 Å². The van der Waals surface area contributed by atoms with Crippen molar-refractivity contribution in [2.45, 2.75) is 19.8 Å². The van der Waals surface area contributed by atoms with E-state index < -0.39 is 5.91 Å². The maximum Gasteiger partial charge on any atom is 0.251 e. The molecule has 5 nitrogen and oxygen atoms in total. The number of anilines is 1. The van der Waals surface area contributed by atoms with E-state index in [1.54, 1.807) is 11.4 Å². The van der Waals surface area contributed by atoms with Crippen LogP contribution in [0.5, 0.6) is 5.75 Å². The average molecular weight is 318 g/mol. The van der Waals surface area contributed by atoms with Crippen molar-refractivity contribution in [1.29, 1.82) is 0 Å². The molecular formula is C16H18N2O3S. The van der Waals surface area contributed by atoms with E-state index in [0.29, 0.717) is 30.0 Å². The third kappa shape index (κ3) is 4.60. The first-order valence-electron chi connectivity index (χ1n) is 6.93. The fourth-order valence-electron chi connectivity index (χ4n) is 1.85. The summed E-state index contributed by atoms with van der Waals surface area (Å²) in [5, 5.41) is 4.92. The first-order chi connectivity index (χ1) is 10.6. The van der Waals surface area contributed by atoms with E-state index in [9.17, 15) is 9.59 Å². The van der Waals surface area contributed by atoms with Gasteiger partial charge in [-0.25, -0.2) is 0 Å². The van der Waals surface area contributed by atoms with Gasteiger partial charge in [-0.05, 0) is 36.9 Å². The molecule has 0 radical (unpaired) electrons. The second kappa shape index (κ2) is 7.61. The van der Waals surface area contributed by atoms with E-state index in [2.05, 4.69) is 5.32 Å². The summed E-state index contributed by atoms with van der Waals surface area (Å²) in [6.07, 6.45) is 0.916. The lowest BCUT2D eigenvalue weighted by molar-refractivity contribution is -0.116. The molecule has 0 atom stereocenters. The van der Waals surface area contributed by atoms with Crippen LogP contribution in [0, 0.1) is 6.92 Å². The van der Waals surface area contributed by atoms with E-state index in [1.165, 1.54) is 16.9 Å². The Morgan fingerprint density at radius 1 is 1.23 bits per heavy atom. The molecule has 1 aromatic carbocycles. The molecule has 116 valence electrons. The number of hydrogen-bond acceptors (Lipinski definition) is 4. The lowest BCUT2D eigenvalue weighted by atomic mass is 10.2. The number of primary amides is 1. The maximum absolute atomic E-state index is 11.8. The lowest BCUT2D eigenvalue weighted by Gasteiger charge is -2.07. The summed E-state index contributed by atoms with van der Waals surface area (Å²) in [5.74, 6) is 0.0944. The number of nitrogens with one attached hydrogen (secondary N) is 1. The van der Waals surface area contributed by atoms with Gasteiger partial charge >= 0.3 is 0 Å². The Balaban J connectivity index is 1.73. The van der Waals surface area contributed by atoms with Crippen LogP contribution in [0.1, 0.15) is 28.8 Å². The summed E-state index contributed by atoms with van der Waals surface area (Å²) < 4.78 is 5.56. The number of hydrogen-bond donors (Lipinski definition) is 2. The topological polar surface area (TPSA) is 81.4 Å². The molecule has 0 aliphatic heterocycles. The van der Waals surface area contributed by atoms with Gasteiger partial charge in [0.25, 0.3) is 5.91 Å². The number of thiophene rings is 1. The van der Waals surface area contributed by atoms with Gasteiger partial charge in [0.1, 0.15) is 10.8 Å². The molecule has 0 saturated carbocycles. The van der Waals surface area contributed by atoms with Crippen LogP contribution < -0.4 is 15.8 Å². The summed E-state index contributed by atoms with van der Waals surface area (Å²) in [5.41, 5.74) is 6.74. The zero-order valence-electron chi connectivity index (χ0n) is 12.3. The molecule has 2 aromatic rings.